The van der Waals surface area contributed by atoms with Crippen molar-refractivity contribution in [1.29, 1.82) is 0 Å². The minimum Gasteiger partial charge on any atom is -0.385 e. The molecule has 0 heterocycles. The molecule has 1 rings (SSSR count). The van der Waals surface area contributed by atoms with Gasteiger partial charge >= 0.3 is 0 Å². The van der Waals surface area contributed by atoms with Gasteiger partial charge in [-0.1, -0.05) is 19.8 Å². The molecule has 2 atom stereocenters. The largest absolute Gasteiger partial charge is 0.385 e. The number of rotatable bonds is 8. The fraction of sp³-hybridized carbons (Fsp3) is 1.00. The third-order valence-electron chi connectivity index (χ3n) is 3.40. The van der Waals surface area contributed by atoms with Crippen LogP contribution in [0.2, 0.25) is 0 Å². The molecular weight excluding hydrogens is 218 g/mol. The topological polar surface area (TPSA) is 21.3 Å². The van der Waals surface area contributed by atoms with Gasteiger partial charge in [0.25, 0.3) is 0 Å². The smallest absolute Gasteiger partial charge is 0.0470 e. The fourth-order valence-electron chi connectivity index (χ4n) is 2.34. The van der Waals surface area contributed by atoms with E-state index in [9.17, 15) is 0 Å². The molecule has 1 N–H and O–H groups in total. The normalized spacial score (nSPS) is 25.9. The van der Waals surface area contributed by atoms with Crippen molar-refractivity contribution in [2.24, 2.45) is 5.92 Å². The molecule has 1 saturated carbocycles. The van der Waals surface area contributed by atoms with Crippen LogP contribution in [-0.4, -0.2) is 37.8 Å². The lowest BCUT2D eigenvalue weighted by Gasteiger charge is -2.29. The van der Waals surface area contributed by atoms with E-state index in [4.69, 9.17) is 4.74 Å². The van der Waals surface area contributed by atoms with Crippen LogP contribution in [0.1, 0.15) is 39.0 Å². The Morgan fingerprint density at radius 2 is 2.06 bits per heavy atom. The maximum Gasteiger partial charge on any atom is 0.0470 e. The van der Waals surface area contributed by atoms with Crippen LogP contribution < -0.4 is 5.32 Å². The Morgan fingerprint density at radius 1 is 1.25 bits per heavy atom. The van der Waals surface area contributed by atoms with Gasteiger partial charge in [-0.05, 0) is 30.9 Å². The number of methoxy groups -OCH3 is 1. The summed E-state index contributed by atoms with van der Waals surface area (Å²) in [4.78, 5) is 0. The lowest BCUT2D eigenvalue weighted by molar-refractivity contribution is 0.200. The van der Waals surface area contributed by atoms with Crippen molar-refractivity contribution in [2.45, 2.75) is 45.1 Å². The Morgan fingerprint density at radius 3 is 2.81 bits per heavy atom. The van der Waals surface area contributed by atoms with E-state index in [2.05, 4.69) is 12.2 Å². The van der Waals surface area contributed by atoms with Crippen molar-refractivity contribution in [2.75, 3.05) is 31.8 Å². The Hall–Kier alpha value is 0.270. The van der Waals surface area contributed by atoms with Crippen LogP contribution in [-0.2, 0) is 4.74 Å². The van der Waals surface area contributed by atoms with Crippen molar-refractivity contribution in [3.05, 3.63) is 0 Å². The molecule has 0 aromatic carbocycles. The van der Waals surface area contributed by atoms with Crippen LogP contribution >= 0.6 is 11.8 Å². The predicted octanol–water partition coefficient (Wildman–Crippen LogP) is 2.92. The van der Waals surface area contributed by atoms with E-state index in [0.29, 0.717) is 0 Å². The van der Waals surface area contributed by atoms with E-state index >= 15 is 0 Å². The van der Waals surface area contributed by atoms with Gasteiger partial charge in [-0.2, -0.15) is 11.8 Å². The summed E-state index contributed by atoms with van der Waals surface area (Å²) in [6.07, 6.45) is 6.84. The van der Waals surface area contributed by atoms with Crippen molar-refractivity contribution in [3.63, 3.8) is 0 Å². The molecule has 0 saturated heterocycles. The van der Waals surface area contributed by atoms with Crippen LogP contribution in [0.4, 0.5) is 0 Å². The molecule has 2 nitrogen and oxygen atoms in total. The van der Waals surface area contributed by atoms with Gasteiger partial charge in [-0.3, -0.25) is 0 Å². The minimum absolute atomic E-state index is 0.785. The zero-order chi connectivity index (χ0) is 11.6. The van der Waals surface area contributed by atoms with Crippen LogP contribution in [0.25, 0.3) is 0 Å². The molecule has 3 heteroatoms. The van der Waals surface area contributed by atoms with Gasteiger partial charge in [0.2, 0.25) is 0 Å². The molecule has 1 fully saturated rings. The summed E-state index contributed by atoms with van der Waals surface area (Å²) in [6, 6.07) is 0.785. The van der Waals surface area contributed by atoms with Crippen LogP contribution in [0.3, 0.4) is 0 Å². The molecule has 16 heavy (non-hydrogen) atoms. The maximum atomic E-state index is 5.03. The van der Waals surface area contributed by atoms with E-state index in [0.717, 1.165) is 18.6 Å². The number of thioether (sulfide) groups is 1. The SMILES string of the molecule is COCCCSCCNC1CCCCC1C. The average Bonchev–Trinajstić information content (AvgIpc) is 2.30. The quantitative estimate of drug-likeness (QED) is 0.664. The molecule has 0 aromatic heterocycles. The molecule has 2 unspecified atom stereocenters. The van der Waals surface area contributed by atoms with E-state index < -0.39 is 0 Å². The molecular formula is C13H27NOS. The third-order valence-corrected chi connectivity index (χ3v) is 4.47. The van der Waals surface area contributed by atoms with Crippen molar-refractivity contribution in [3.8, 4) is 0 Å². The van der Waals surface area contributed by atoms with Crippen molar-refractivity contribution in [1.82, 2.24) is 5.32 Å². The van der Waals surface area contributed by atoms with Crippen LogP contribution in [0, 0.1) is 5.92 Å². The summed E-state index contributed by atoms with van der Waals surface area (Å²) in [7, 11) is 1.77. The lowest BCUT2D eigenvalue weighted by Crippen LogP contribution is -2.38. The lowest BCUT2D eigenvalue weighted by atomic mass is 9.86. The Kier molecular flexibility index (Phi) is 8.34. The second-order valence-corrected chi connectivity index (χ2v) is 6.01. The van der Waals surface area contributed by atoms with Gasteiger partial charge in [-0.15, -0.1) is 0 Å². The van der Waals surface area contributed by atoms with E-state index in [-0.39, 0.29) is 0 Å². The molecule has 0 spiro atoms. The molecule has 0 bridgehead atoms. The molecule has 0 amide bonds. The number of ether oxygens (including phenoxy) is 1. The van der Waals surface area contributed by atoms with Gasteiger partial charge in [0.05, 0.1) is 0 Å². The summed E-state index contributed by atoms with van der Waals surface area (Å²) in [6.45, 7) is 4.47. The first-order chi connectivity index (χ1) is 7.84. The molecule has 0 radical (unpaired) electrons. The minimum atomic E-state index is 0.785. The molecule has 96 valence electrons. The number of hydrogen-bond acceptors (Lipinski definition) is 3. The summed E-state index contributed by atoms with van der Waals surface area (Å²) >= 11 is 2.04. The summed E-state index contributed by atoms with van der Waals surface area (Å²) in [5.74, 6) is 3.36. The Balaban J connectivity index is 1.90. The highest BCUT2D eigenvalue weighted by Gasteiger charge is 2.19. The van der Waals surface area contributed by atoms with Gasteiger partial charge in [-0.25, -0.2) is 0 Å². The van der Waals surface area contributed by atoms with Gasteiger partial charge in [0, 0.05) is 32.1 Å². The number of hydrogen-bond donors (Lipinski definition) is 1. The standard InChI is InChI=1S/C13H27NOS/c1-12-6-3-4-7-13(12)14-8-11-16-10-5-9-15-2/h12-14H,3-11H2,1-2H3. The Bertz CT molecular complexity index is 166. The molecule has 0 aromatic rings. The van der Waals surface area contributed by atoms with Gasteiger partial charge in [0.1, 0.15) is 0 Å². The summed E-state index contributed by atoms with van der Waals surface area (Å²) in [5.41, 5.74) is 0. The molecule has 0 aliphatic heterocycles. The first-order valence-corrected chi connectivity index (χ1v) is 7.80. The highest BCUT2D eigenvalue weighted by molar-refractivity contribution is 7.99. The monoisotopic (exact) mass is 245 g/mol. The predicted molar refractivity (Wildman–Crippen MR) is 73.2 cm³/mol. The average molecular weight is 245 g/mol. The first-order valence-electron chi connectivity index (χ1n) is 6.64. The van der Waals surface area contributed by atoms with Crippen molar-refractivity contribution >= 4 is 11.8 Å². The van der Waals surface area contributed by atoms with Crippen molar-refractivity contribution < 1.29 is 4.74 Å². The van der Waals surface area contributed by atoms with E-state index in [1.54, 1.807) is 7.11 Å². The summed E-state index contributed by atoms with van der Waals surface area (Å²) < 4.78 is 5.03. The van der Waals surface area contributed by atoms with E-state index in [1.165, 1.54) is 50.2 Å². The second kappa shape index (κ2) is 9.32. The number of nitrogens with one attached hydrogen (secondary N) is 1. The summed E-state index contributed by atoms with van der Waals surface area (Å²) in [5, 5.41) is 3.71. The van der Waals surface area contributed by atoms with E-state index in [1.807, 2.05) is 11.8 Å². The second-order valence-electron chi connectivity index (χ2n) is 4.78. The van der Waals surface area contributed by atoms with Gasteiger partial charge < -0.3 is 10.1 Å². The highest BCUT2D eigenvalue weighted by atomic mass is 32.2. The highest BCUT2D eigenvalue weighted by Crippen LogP contribution is 2.23. The zero-order valence-electron chi connectivity index (χ0n) is 10.8. The molecule has 1 aliphatic carbocycles. The zero-order valence-corrected chi connectivity index (χ0v) is 11.7. The van der Waals surface area contributed by atoms with Gasteiger partial charge in [0.15, 0.2) is 0 Å². The maximum absolute atomic E-state index is 5.03. The van der Waals surface area contributed by atoms with Crippen LogP contribution in [0.15, 0.2) is 0 Å². The first kappa shape index (κ1) is 14.3. The molecule has 1 aliphatic rings. The van der Waals surface area contributed by atoms with Crippen LogP contribution in [0.5, 0.6) is 0 Å². The third kappa shape index (κ3) is 6.12. The fourth-order valence-corrected chi connectivity index (χ4v) is 3.13. The Labute approximate surface area is 105 Å².